The number of nitrogens with zero attached hydrogens (tertiary/aromatic N) is 2. The van der Waals surface area contributed by atoms with Crippen molar-refractivity contribution < 1.29 is 22.7 Å². The highest BCUT2D eigenvalue weighted by molar-refractivity contribution is 7.88. The molecule has 1 aromatic carbocycles. The van der Waals surface area contributed by atoms with E-state index < -0.39 is 15.4 Å². The van der Waals surface area contributed by atoms with Crippen LogP contribution in [0.1, 0.15) is 37.4 Å². The van der Waals surface area contributed by atoms with Crippen molar-refractivity contribution in [1.82, 2.24) is 9.21 Å². The molecule has 1 unspecified atom stereocenters. The third-order valence-corrected chi connectivity index (χ3v) is 8.27. The Labute approximate surface area is 190 Å². The van der Waals surface area contributed by atoms with E-state index in [2.05, 4.69) is 17.9 Å². The molecule has 0 radical (unpaired) electrons. The first-order valence-corrected chi connectivity index (χ1v) is 13.1. The van der Waals surface area contributed by atoms with Crippen molar-refractivity contribution in [2.75, 3.05) is 39.2 Å². The van der Waals surface area contributed by atoms with Gasteiger partial charge >= 0.3 is 0 Å². The number of rotatable bonds is 7. The van der Waals surface area contributed by atoms with Gasteiger partial charge in [0.25, 0.3) is 0 Å². The van der Waals surface area contributed by atoms with Crippen LogP contribution < -0.4 is 0 Å². The lowest BCUT2D eigenvalue weighted by Crippen LogP contribution is -2.50. The van der Waals surface area contributed by atoms with E-state index in [0.29, 0.717) is 19.4 Å². The molecule has 1 saturated heterocycles. The van der Waals surface area contributed by atoms with Gasteiger partial charge in [-0.1, -0.05) is 19.1 Å². The number of phenols is 1. The number of halogens is 1. The Morgan fingerprint density at radius 1 is 1.31 bits per heavy atom. The van der Waals surface area contributed by atoms with Crippen molar-refractivity contribution in [3.8, 4) is 5.75 Å². The molecule has 3 aliphatic rings. The molecule has 176 valence electrons. The van der Waals surface area contributed by atoms with Gasteiger partial charge in [0.1, 0.15) is 18.1 Å². The molecular formula is C24H33FN2O4S. The van der Waals surface area contributed by atoms with E-state index in [9.17, 15) is 17.9 Å². The van der Waals surface area contributed by atoms with E-state index in [1.165, 1.54) is 6.26 Å². The molecule has 0 spiro atoms. The molecule has 1 N–H and O–H groups in total. The molecule has 32 heavy (non-hydrogen) atoms. The minimum atomic E-state index is -3.45. The lowest BCUT2D eigenvalue weighted by molar-refractivity contribution is 0.0558. The molecule has 4 rings (SSSR count). The highest BCUT2D eigenvalue weighted by Gasteiger charge is 2.47. The van der Waals surface area contributed by atoms with Crippen molar-refractivity contribution in [3.05, 3.63) is 53.3 Å². The van der Waals surface area contributed by atoms with Gasteiger partial charge in [0.2, 0.25) is 10.0 Å². The molecular weight excluding hydrogens is 431 g/mol. The van der Waals surface area contributed by atoms with Gasteiger partial charge in [-0.2, -0.15) is 4.31 Å². The second kappa shape index (κ2) is 8.80. The Morgan fingerprint density at radius 2 is 2.06 bits per heavy atom. The minimum Gasteiger partial charge on any atom is -0.508 e. The van der Waals surface area contributed by atoms with E-state index in [0.717, 1.165) is 36.5 Å². The molecule has 1 aliphatic carbocycles. The third kappa shape index (κ3) is 4.58. The number of allylic oxidation sites excluding steroid dienone is 2. The number of fused-ring (bicyclic) bond motifs is 1. The second-order valence-corrected chi connectivity index (χ2v) is 11.6. The van der Waals surface area contributed by atoms with Gasteiger partial charge in [0.05, 0.1) is 19.0 Å². The summed E-state index contributed by atoms with van der Waals surface area (Å²) in [4.78, 5) is 2.18. The van der Waals surface area contributed by atoms with Gasteiger partial charge < -0.3 is 9.84 Å². The maximum Gasteiger partial charge on any atom is 0.212 e. The molecule has 1 fully saturated rings. The number of alkyl halides is 1. The van der Waals surface area contributed by atoms with Crippen molar-refractivity contribution in [3.63, 3.8) is 0 Å². The number of phenolic OH excluding ortho intramolecular Hbond substituents is 1. The predicted octanol–water partition coefficient (Wildman–Crippen LogP) is 3.41. The summed E-state index contributed by atoms with van der Waals surface area (Å²) >= 11 is 0. The molecule has 0 bridgehead atoms. The summed E-state index contributed by atoms with van der Waals surface area (Å²) in [6, 6.07) is 4.66. The van der Waals surface area contributed by atoms with E-state index in [1.807, 2.05) is 25.1 Å². The highest BCUT2D eigenvalue weighted by Crippen LogP contribution is 2.50. The fraction of sp³-hybridized carbons (Fsp3) is 0.583. The van der Waals surface area contributed by atoms with Gasteiger partial charge in [-0.3, -0.25) is 9.29 Å². The Hall–Kier alpha value is -1.90. The van der Waals surface area contributed by atoms with Gasteiger partial charge in [0, 0.05) is 37.0 Å². The summed E-state index contributed by atoms with van der Waals surface area (Å²) in [5, 5.41) is 9.97. The monoisotopic (exact) mass is 464 g/mol. The van der Waals surface area contributed by atoms with Crippen LogP contribution >= 0.6 is 0 Å². The van der Waals surface area contributed by atoms with Gasteiger partial charge in [-0.25, -0.2) is 8.42 Å². The number of benzene rings is 1. The van der Waals surface area contributed by atoms with Crippen LogP contribution in [0, 0.1) is 11.3 Å². The maximum absolute atomic E-state index is 12.8. The zero-order valence-corrected chi connectivity index (χ0v) is 19.8. The number of ether oxygens (including phenoxy) is 1. The molecule has 0 amide bonds. The highest BCUT2D eigenvalue weighted by atomic mass is 32.2. The first-order chi connectivity index (χ1) is 15.1. The van der Waals surface area contributed by atoms with Crippen LogP contribution in [0.5, 0.6) is 5.75 Å². The maximum atomic E-state index is 12.8. The Bertz CT molecular complexity index is 1020. The molecule has 6 nitrogen and oxygen atoms in total. The van der Waals surface area contributed by atoms with Crippen LogP contribution in [0.4, 0.5) is 4.39 Å². The van der Waals surface area contributed by atoms with E-state index in [-0.39, 0.29) is 30.4 Å². The topological polar surface area (TPSA) is 70.1 Å². The smallest absolute Gasteiger partial charge is 0.212 e. The van der Waals surface area contributed by atoms with Gasteiger partial charge in [0.15, 0.2) is 0 Å². The van der Waals surface area contributed by atoms with Crippen molar-refractivity contribution >= 4 is 10.0 Å². The number of hydrogen-bond donors (Lipinski definition) is 1. The minimum absolute atomic E-state index is 0.171. The Kier molecular flexibility index (Phi) is 6.40. The largest absolute Gasteiger partial charge is 0.508 e. The Balaban J connectivity index is 1.50. The fourth-order valence-corrected chi connectivity index (χ4v) is 6.75. The first kappa shape index (κ1) is 23.3. The van der Waals surface area contributed by atoms with E-state index in [1.54, 1.807) is 16.4 Å². The normalized spacial score (nSPS) is 29.3. The molecule has 8 heteroatoms. The molecule has 2 heterocycles. The van der Waals surface area contributed by atoms with Crippen LogP contribution in [0.15, 0.2) is 42.2 Å². The number of hydrogen-bond acceptors (Lipinski definition) is 5. The number of likely N-dealkylation sites (tertiary alicyclic amines) is 1. The SMILES string of the molecule is C[C@H]1Cc2cc(O)ccc2[C@H](C2(C)C=CC(OCCN3CC(CF)C3)=CC2)N1S(C)(=O)=O. The molecule has 0 saturated carbocycles. The third-order valence-electron chi connectivity index (χ3n) is 6.93. The van der Waals surface area contributed by atoms with Crippen LogP contribution in [0.3, 0.4) is 0 Å². The molecule has 2 aliphatic heterocycles. The summed E-state index contributed by atoms with van der Waals surface area (Å²) in [5.41, 5.74) is 1.47. The number of aromatic hydroxyl groups is 1. The molecule has 1 aromatic rings. The van der Waals surface area contributed by atoms with Crippen LogP contribution in [0.25, 0.3) is 0 Å². The molecule has 0 aromatic heterocycles. The summed E-state index contributed by atoms with van der Waals surface area (Å²) in [6.45, 7) is 6.65. The summed E-state index contributed by atoms with van der Waals surface area (Å²) in [5.74, 6) is 1.15. The second-order valence-electron chi connectivity index (χ2n) is 9.71. The first-order valence-electron chi connectivity index (χ1n) is 11.2. The standard InChI is InChI=1S/C24H33FN2O4S/c1-17-12-19-13-20(28)4-5-22(19)23(27(17)32(3,29)30)24(2)8-6-21(7-9-24)31-11-10-26-15-18(14-25)16-26/h4-8,13,17-18,23,28H,9-12,14-16H2,1-3H3/t17-,23+,24?/m0/s1. The van der Waals surface area contributed by atoms with Crippen LogP contribution in [-0.2, 0) is 21.2 Å². The van der Waals surface area contributed by atoms with E-state index >= 15 is 0 Å². The number of sulfonamides is 1. The zero-order chi connectivity index (χ0) is 23.1. The average Bonchev–Trinajstić information content (AvgIpc) is 2.69. The van der Waals surface area contributed by atoms with Gasteiger partial charge in [-0.05, 0) is 55.2 Å². The van der Waals surface area contributed by atoms with Crippen LogP contribution in [0.2, 0.25) is 0 Å². The van der Waals surface area contributed by atoms with Crippen molar-refractivity contribution in [1.29, 1.82) is 0 Å². The summed E-state index contributed by atoms with van der Waals surface area (Å²) in [6.07, 6.45) is 8.49. The molecule has 3 atom stereocenters. The summed E-state index contributed by atoms with van der Waals surface area (Å²) < 4.78 is 45.7. The quantitative estimate of drug-likeness (QED) is 0.670. The average molecular weight is 465 g/mol. The lowest BCUT2D eigenvalue weighted by Gasteiger charge is -2.48. The fourth-order valence-electron chi connectivity index (χ4n) is 5.29. The van der Waals surface area contributed by atoms with Crippen molar-refractivity contribution in [2.24, 2.45) is 11.3 Å². The van der Waals surface area contributed by atoms with Crippen molar-refractivity contribution in [2.45, 2.75) is 38.8 Å². The Morgan fingerprint density at radius 3 is 2.69 bits per heavy atom. The van der Waals surface area contributed by atoms with Gasteiger partial charge in [-0.15, -0.1) is 0 Å². The summed E-state index contributed by atoms with van der Waals surface area (Å²) in [7, 11) is -3.45. The lowest BCUT2D eigenvalue weighted by atomic mass is 9.71. The van der Waals surface area contributed by atoms with E-state index in [4.69, 9.17) is 4.74 Å². The predicted molar refractivity (Wildman–Crippen MR) is 123 cm³/mol. The van der Waals surface area contributed by atoms with Crippen LogP contribution in [-0.4, -0.2) is 67.9 Å². The zero-order valence-electron chi connectivity index (χ0n) is 19.0.